The van der Waals surface area contributed by atoms with Crippen molar-refractivity contribution in [3.8, 4) is 0 Å². The van der Waals surface area contributed by atoms with Crippen LogP contribution in [0, 0.1) is 0 Å². The van der Waals surface area contributed by atoms with Gasteiger partial charge in [0.05, 0.1) is 12.7 Å². The third-order valence-electron chi connectivity index (χ3n) is 0.781. The molecule has 0 spiro atoms. The van der Waals surface area contributed by atoms with Gasteiger partial charge in [0.25, 0.3) is 0 Å². The zero-order chi connectivity index (χ0) is 6.41. The lowest BCUT2D eigenvalue weighted by molar-refractivity contribution is 0.131. The summed E-state index contributed by atoms with van der Waals surface area (Å²) >= 11 is 0. The Morgan fingerprint density at radius 2 is 2.25 bits per heavy atom. The molecule has 0 amide bonds. The van der Waals surface area contributed by atoms with E-state index < -0.39 is 6.10 Å². The van der Waals surface area contributed by atoms with Crippen molar-refractivity contribution in [3.05, 3.63) is 12.2 Å². The van der Waals surface area contributed by atoms with Gasteiger partial charge in [-0.2, -0.15) is 0 Å². The molecule has 0 saturated heterocycles. The number of aliphatic hydroxyl groups is 2. The molecular weight excluding hydrogens is 104 g/mol. The average Bonchev–Trinajstić information content (AvgIpc) is 1.83. The molecule has 0 heterocycles. The highest BCUT2D eigenvalue weighted by Gasteiger charge is 1.90. The van der Waals surface area contributed by atoms with Crippen molar-refractivity contribution in [2.45, 2.75) is 19.4 Å². The van der Waals surface area contributed by atoms with Crippen LogP contribution in [0.2, 0.25) is 0 Å². The van der Waals surface area contributed by atoms with Crippen LogP contribution in [0.15, 0.2) is 12.2 Å². The van der Waals surface area contributed by atoms with Crippen molar-refractivity contribution >= 4 is 0 Å². The van der Waals surface area contributed by atoms with Crippen LogP contribution in [0.3, 0.4) is 0 Å². The molecule has 0 fully saturated rings. The summed E-state index contributed by atoms with van der Waals surface area (Å²) in [5.41, 5.74) is 0. The van der Waals surface area contributed by atoms with Gasteiger partial charge >= 0.3 is 0 Å². The Kier molecular flexibility index (Phi) is 4.61. The number of hydrogen-bond donors (Lipinski definition) is 2. The zero-order valence-corrected chi connectivity index (χ0v) is 5.04. The summed E-state index contributed by atoms with van der Waals surface area (Å²) in [6.07, 6.45) is 3.63. The maximum absolute atomic E-state index is 8.65. The van der Waals surface area contributed by atoms with Crippen LogP contribution in [-0.4, -0.2) is 22.9 Å². The van der Waals surface area contributed by atoms with Crippen molar-refractivity contribution in [2.75, 3.05) is 6.61 Å². The third-order valence-corrected chi connectivity index (χ3v) is 0.781. The average molecular weight is 116 g/mol. The molecule has 2 nitrogen and oxygen atoms in total. The molecule has 0 aliphatic heterocycles. The van der Waals surface area contributed by atoms with Crippen molar-refractivity contribution in [2.24, 2.45) is 0 Å². The maximum Gasteiger partial charge on any atom is 0.0951 e. The molecule has 1 atom stereocenters. The summed E-state index contributed by atoms with van der Waals surface area (Å²) in [5, 5.41) is 16.9. The smallest absolute Gasteiger partial charge is 0.0951 e. The molecule has 0 saturated carbocycles. The third kappa shape index (κ3) is 3.84. The van der Waals surface area contributed by atoms with E-state index in [1.165, 1.54) is 0 Å². The van der Waals surface area contributed by atoms with E-state index in [0.717, 1.165) is 6.42 Å². The Hall–Kier alpha value is -0.340. The number of rotatable bonds is 3. The first-order chi connectivity index (χ1) is 3.81. The van der Waals surface area contributed by atoms with Crippen LogP contribution < -0.4 is 0 Å². The highest BCUT2D eigenvalue weighted by molar-refractivity contribution is 4.86. The van der Waals surface area contributed by atoms with Crippen molar-refractivity contribution in [1.29, 1.82) is 0 Å². The summed E-state index contributed by atoms with van der Waals surface area (Å²) in [4.78, 5) is 0. The Bertz CT molecular complexity index is 68.9. The highest BCUT2D eigenvalue weighted by Crippen LogP contribution is 1.85. The van der Waals surface area contributed by atoms with E-state index in [1.54, 1.807) is 6.08 Å². The van der Waals surface area contributed by atoms with Crippen molar-refractivity contribution < 1.29 is 10.2 Å². The second-order valence-electron chi connectivity index (χ2n) is 1.59. The van der Waals surface area contributed by atoms with Gasteiger partial charge in [-0.25, -0.2) is 0 Å². The fraction of sp³-hybridized carbons (Fsp3) is 0.667. The molecule has 8 heavy (non-hydrogen) atoms. The molecule has 2 N–H and O–H groups in total. The summed E-state index contributed by atoms with van der Waals surface area (Å²) in [7, 11) is 0. The van der Waals surface area contributed by atoms with Crippen molar-refractivity contribution in [1.82, 2.24) is 0 Å². The zero-order valence-electron chi connectivity index (χ0n) is 5.04. The van der Waals surface area contributed by atoms with Crippen LogP contribution in [0.4, 0.5) is 0 Å². The Labute approximate surface area is 49.5 Å². The summed E-state index contributed by atoms with van der Waals surface area (Å²) < 4.78 is 0. The van der Waals surface area contributed by atoms with Gasteiger partial charge < -0.3 is 10.2 Å². The van der Waals surface area contributed by atoms with Gasteiger partial charge in [-0.05, 0) is 6.42 Å². The van der Waals surface area contributed by atoms with Crippen LogP contribution in [0.25, 0.3) is 0 Å². The first kappa shape index (κ1) is 7.66. The molecule has 2 heteroatoms. The lowest BCUT2D eigenvalue weighted by Gasteiger charge is -1.95. The first-order valence-electron chi connectivity index (χ1n) is 2.76. The maximum atomic E-state index is 8.65. The standard InChI is InChI=1S/C6H12O2/c1-2-3-4-6(8)5-7/h3-4,6-8H,2,5H2,1H3/b4-3-. The summed E-state index contributed by atoms with van der Waals surface area (Å²) in [5.74, 6) is 0. The quantitative estimate of drug-likeness (QED) is 0.521. The number of allylic oxidation sites excluding steroid dienone is 1. The lowest BCUT2D eigenvalue weighted by atomic mass is 10.3. The molecule has 1 unspecified atom stereocenters. The summed E-state index contributed by atoms with van der Waals surface area (Å²) in [6, 6.07) is 0. The topological polar surface area (TPSA) is 40.5 Å². The molecule has 0 aromatic carbocycles. The molecule has 48 valence electrons. The highest BCUT2D eigenvalue weighted by atomic mass is 16.3. The van der Waals surface area contributed by atoms with Gasteiger partial charge in [-0.15, -0.1) is 0 Å². The fourth-order valence-electron chi connectivity index (χ4n) is 0.354. The minimum absolute atomic E-state index is 0.184. The molecule has 0 aromatic heterocycles. The van der Waals surface area contributed by atoms with E-state index in [2.05, 4.69) is 0 Å². The molecule has 0 aliphatic carbocycles. The summed E-state index contributed by atoms with van der Waals surface area (Å²) in [6.45, 7) is 1.79. The van der Waals surface area contributed by atoms with Crippen LogP contribution in [0.1, 0.15) is 13.3 Å². The molecule has 0 bridgehead atoms. The van der Waals surface area contributed by atoms with E-state index >= 15 is 0 Å². The van der Waals surface area contributed by atoms with Crippen LogP contribution in [-0.2, 0) is 0 Å². The SMILES string of the molecule is CC/C=C\C(O)CO. The number of hydrogen-bond acceptors (Lipinski definition) is 2. The van der Waals surface area contributed by atoms with Crippen LogP contribution in [0.5, 0.6) is 0 Å². The van der Waals surface area contributed by atoms with Gasteiger partial charge in [0.1, 0.15) is 0 Å². The van der Waals surface area contributed by atoms with Gasteiger partial charge in [0, 0.05) is 0 Å². The second-order valence-corrected chi connectivity index (χ2v) is 1.59. The predicted molar refractivity (Wildman–Crippen MR) is 32.5 cm³/mol. The largest absolute Gasteiger partial charge is 0.393 e. The fourth-order valence-corrected chi connectivity index (χ4v) is 0.354. The Morgan fingerprint density at radius 1 is 1.62 bits per heavy atom. The van der Waals surface area contributed by atoms with Gasteiger partial charge in [0.2, 0.25) is 0 Å². The van der Waals surface area contributed by atoms with E-state index in [4.69, 9.17) is 10.2 Å². The predicted octanol–water partition coefficient (Wildman–Crippen LogP) is 0.306. The van der Waals surface area contributed by atoms with E-state index in [-0.39, 0.29) is 6.61 Å². The first-order valence-corrected chi connectivity index (χ1v) is 2.76. The Morgan fingerprint density at radius 3 is 2.62 bits per heavy atom. The number of aliphatic hydroxyl groups excluding tert-OH is 2. The Balaban J connectivity index is 3.21. The molecule has 0 rings (SSSR count). The minimum Gasteiger partial charge on any atom is -0.393 e. The minimum atomic E-state index is -0.671. The normalized spacial score (nSPS) is 14.9. The van der Waals surface area contributed by atoms with E-state index in [9.17, 15) is 0 Å². The monoisotopic (exact) mass is 116 g/mol. The second kappa shape index (κ2) is 4.81. The van der Waals surface area contributed by atoms with Crippen LogP contribution >= 0.6 is 0 Å². The lowest BCUT2D eigenvalue weighted by Crippen LogP contribution is -2.06. The van der Waals surface area contributed by atoms with E-state index in [1.807, 2.05) is 13.0 Å². The van der Waals surface area contributed by atoms with Crippen molar-refractivity contribution in [3.63, 3.8) is 0 Å². The molecular formula is C6H12O2. The van der Waals surface area contributed by atoms with E-state index in [0.29, 0.717) is 0 Å². The molecule has 0 radical (unpaired) electrons. The van der Waals surface area contributed by atoms with Gasteiger partial charge in [0.15, 0.2) is 0 Å². The molecule has 0 aromatic rings. The van der Waals surface area contributed by atoms with Gasteiger partial charge in [-0.3, -0.25) is 0 Å². The molecule has 0 aliphatic rings. The van der Waals surface area contributed by atoms with Gasteiger partial charge in [-0.1, -0.05) is 19.1 Å².